The topological polar surface area (TPSA) is 99.2 Å². The van der Waals surface area contributed by atoms with Crippen molar-refractivity contribution in [2.24, 2.45) is 4.99 Å². The lowest BCUT2D eigenvalue weighted by atomic mass is 9.89. The summed E-state index contributed by atoms with van der Waals surface area (Å²) in [6.45, 7) is 2.43. The molecule has 2 aromatic carbocycles. The zero-order chi connectivity index (χ0) is 25.2. The van der Waals surface area contributed by atoms with Crippen LogP contribution in [-0.4, -0.2) is 73.7 Å². The second kappa shape index (κ2) is 9.91. The van der Waals surface area contributed by atoms with Crippen LogP contribution in [0.25, 0.3) is 0 Å². The third-order valence-corrected chi connectivity index (χ3v) is 8.68. The van der Waals surface area contributed by atoms with Gasteiger partial charge < -0.3 is 10.2 Å². The molecule has 2 heterocycles. The lowest BCUT2D eigenvalue weighted by molar-refractivity contribution is -0.124. The molecule has 35 heavy (non-hydrogen) atoms. The van der Waals surface area contributed by atoms with Crippen molar-refractivity contribution >= 4 is 27.7 Å². The summed E-state index contributed by atoms with van der Waals surface area (Å²) in [4.78, 5) is 31.1. The Kier molecular flexibility index (Phi) is 7.10. The molecule has 0 atom stereocenters. The minimum atomic E-state index is -3.49. The van der Waals surface area contributed by atoms with Crippen molar-refractivity contribution in [1.29, 1.82) is 0 Å². The number of aliphatic imine (C=N–C) groups is 1. The predicted molar refractivity (Wildman–Crippen MR) is 136 cm³/mol. The summed E-state index contributed by atoms with van der Waals surface area (Å²) < 4.78 is 27.6. The summed E-state index contributed by atoms with van der Waals surface area (Å²) in [6.07, 6.45) is 1.66. The third kappa shape index (κ3) is 5.46. The molecule has 186 valence electrons. The molecule has 1 N–H and O–H groups in total. The molecule has 9 heteroatoms. The van der Waals surface area contributed by atoms with Gasteiger partial charge in [-0.1, -0.05) is 36.4 Å². The minimum absolute atomic E-state index is 0.0173. The molecule has 2 aliphatic rings. The number of nitrogens with one attached hydrogen (secondary N) is 1. The molecule has 2 aliphatic heterocycles. The summed E-state index contributed by atoms with van der Waals surface area (Å²) in [6, 6.07) is 15.2. The highest BCUT2D eigenvalue weighted by molar-refractivity contribution is 7.89. The van der Waals surface area contributed by atoms with E-state index in [1.54, 1.807) is 26.2 Å². The molecule has 2 amide bonds. The molecule has 1 saturated heterocycles. The van der Waals surface area contributed by atoms with Crippen LogP contribution in [0, 0.1) is 6.92 Å². The van der Waals surface area contributed by atoms with Gasteiger partial charge in [0.05, 0.1) is 5.75 Å². The van der Waals surface area contributed by atoms with Gasteiger partial charge in [0.2, 0.25) is 10.0 Å². The number of hydrogen-bond acceptors (Lipinski definition) is 5. The smallest absolute Gasteiger partial charge is 0.253 e. The monoisotopic (exact) mass is 496 g/mol. The Labute approximate surface area is 207 Å². The molecule has 2 aromatic rings. The molecule has 0 aromatic heterocycles. The average molecular weight is 497 g/mol. The number of amidine groups is 1. The first-order valence-corrected chi connectivity index (χ1v) is 13.4. The highest BCUT2D eigenvalue weighted by Crippen LogP contribution is 2.31. The summed E-state index contributed by atoms with van der Waals surface area (Å²) in [5.74, 6) is 0.406. The number of amides is 2. The lowest BCUT2D eigenvalue weighted by Gasteiger charge is -2.34. The van der Waals surface area contributed by atoms with Crippen molar-refractivity contribution in [1.82, 2.24) is 14.5 Å². The van der Waals surface area contributed by atoms with E-state index in [2.05, 4.69) is 5.32 Å². The van der Waals surface area contributed by atoms with Crippen LogP contribution in [0.1, 0.15) is 39.9 Å². The highest BCUT2D eigenvalue weighted by Gasteiger charge is 2.47. The van der Waals surface area contributed by atoms with Crippen molar-refractivity contribution in [2.75, 3.05) is 32.9 Å². The Morgan fingerprint density at radius 3 is 2.43 bits per heavy atom. The quantitative estimate of drug-likeness (QED) is 0.635. The molecule has 0 saturated carbocycles. The van der Waals surface area contributed by atoms with Gasteiger partial charge in [-0.3, -0.25) is 14.6 Å². The van der Waals surface area contributed by atoms with E-state index >= 15 is 0 Å². The third-order valence-electron chi connectivity index (χ3n) is 6.81. The van der Waals surface area contributed by atoms with Gasteiger partial charge in [-0.05, 0) is 55.0 Å². The Morgan fingerprint density at radius 1 is 1.11 bits per heavy atom. The summed E-state index contributed by atoms with van der Waals surface area (Å²) in [7, 11) is -0.0861. The van der Waals surface area contributed by atoms with Crippen LogP contribution in [0.4, 0.5) is 0 Å². The Morgan fingerprint density at radius 2 is 1.80 bits per heavy atom. The van der Waals surface area contributed by atoms with Crippen LogP contribution in [-0.2, 0) is 27.7 Å². The Balaban J connectivity index is 1.36. The fraction of sp³-hybridized carbons (Fsp3) is 0.423. The van der Waals surface area contributed by atoms with Crippen molar-refractivity contribution in [2.45, 2.75) is 38.1 Å². The number of rotatable bonds is 7. The molecule has 0 aliphatic carbocycles. The van der Waals surface area contributed by atoms with E-state index in [9.17, 15) is 18.0 Å². The molecule has 4 rings (SSSR count). The fourth-order valence-corrected chi connectivity index (χ4v) is 6.14. The first-order chi connectivity index (χ1) is 16.6. The van der Waals surface area contributed by atoms with E-state index in [0.717, 1.165) is 16.7 Å². The van der Waals surface area contributed by atoms with Crippen LogP contribution >= 0.6 is 0 Å². The fourth-order valence-electron chi connectivity index (χ4n) is 4.67. The minimum Gasteiger partial charge on any atom is -0.345 e. The van der Waals surface area contributed by atoms with E-state index in [4.69, 9.17) is 4.99 Å². The van der Waals surface area contributed by atoms with Gasteiger partial charge in [0.25, 0.3) is 11.8 Å². The van der Waals surface area contributed by atoms with E-state index < -0.39 is 15.6 Å². The second-order valence-corrected chi connectivity index (χ2v) is 11.6. The molecule has 0 radical (unpaired) electrons. The van der Waals surface area contributed by atoms with Gasteiger partial charge in [-0.25, -0.2) is 12.7 Å². The molecule has 0 unspecified atom stereocenters. The zero-order valence-corrected chi connectivity index (χ0v) is 21.3. The predicted octanol–water partition coefficient (Wildman–Crippen LogP) is 2.17. The molecule has 0 bridgehead atoms. The Hall–Kier alpha value is -3.04. The number of carbonyl (C=O) groups is 2. The van der Waals surface area contributed by atoms with E-state index in [1.807, 2.05) is 43.3 Å². The SMILES string of the molecule is Cc1cc(C(=O)N(C)C)ccc1CCS(=O)(=O)N1CCC2(CC1)N=C(Cc1ccccc1)NC2=O. The van der Waals surface area contributed by atoms with Crippen molar-refractivity contribution < 1.29 is 18.0 Å². The maximum Gasteiger partial charge on any atom is 0.253 e. The molecule has 1 fully saturated rings. The first-order valence-electron chi connectivity index (χ1n) is 11.8. The number of nitrogens with zero attached hydrogens (tertiary/aromatic N) is 3. The largest absolute Gasteiger partial charge is 0.345 e. The average Bonchev–Trinajstić information content (AvgIpc) is 3.12. The number of benzene rings is 2. The van der Waals surface area contributed by atoms with E-state index in [1.165, 1.54) is 9.21 Å². The molecular formula is C26H32N4O4S. The van der Waals surface area contributed by atoms with Crippen LogP contribution in [0.15, 0.2) is 53.5 Å². The first kappa shape index (κ1) is 25.1. The lowest BCUT2D eigenvalue weighted by Crippen LogP contribution is -2.50. The number of sulfonamides is 1. The van der Waals surface area contributed by atoms with Gasteiger partial charge in [-0.2, -0.15) is 0 Å². The standard InChI is InChI=1S/C26H32N4O4S/c1-19-17-22(24(31)29(2)3)10-9-21(19)11-16-35(33,34)30-14-12-26(13-15-30)25(32)27-23(28-26)18-20-7-5-4-6-8-20/h4-10,17H,11-16,18H2,1-3H3,(H,27,28,32). The maximum atomic E-state index is 13.1. The molecular weight excluding hydrogens is 464 g/mol. The number of hydrogen-bond donors (Lipinski definition) is 1. The summed E-state index contributed by atoms with van der Waals surface area (Å²) in [5, 5.41) is 2.90. The van der Waals surface area contributed by atoms with Gasteiger partial charge in [0.1, 0.15) is 11.4 Å². The molecule has 8 nitrogen and oxygen atoms in total. The second-order valence-electron chi connectivity index (χ2n) is 9.51. The zero-order valence-electron chi connectivity index (χ0n) is 20.5. The van der Waals surface area contributed by atoms with Crippen LogP contribution in [0.5, 0.6) is 0 Å². The summed E-state index contributed by atoms with van der Waals surface area (Å²) in [5.41, 5.74) is 2.58. The van der Waals surface area contributed by atoms with Crippen LogP contribution in [0.2, 0.25) is 0 Å². The van der Waals surface area contributed by atoms with E-state index in [-0.39, 0.29) is 30.7 Å². The van der Waals surface area contributed by atoms with Gasteiger partial charge in [0.15, 0.2) is 0 Å². The number of piperidine rings is 1. The van der Waals surface area contributed by atoms with Crippen molar-refractivity contribution in [3.05, 3.63) is 70.8 Å². The van der Waals surface area contributed by atoms with Crippen molar-refractivity contribution in [3.8, 4) is 0 Å². The van der Waals surface area contributed by atoms with E-state index in [0.29, 0.717) is 37.1 Å². The number of carbonyl (C=O) groups excluding carboxylic acids is 2. The normalized spacial score (nSPS) is 17.8. The van der Waals surface area contributed by atoms with Gasteiger partial charge in [0, 0.05) is 39.2 Å². The van der Waals surface area contributed by atoms with Crippen LogP contribution in [0.3, 0.4) is 0 Å². The summed E-state index contributed by atoms with van der Waals surface area (Å²) >= 11 is 0. The highest BCUT2D eigenvalue weighted by atomic mass is 32.2. The molecule has 1 spiro atoms. The van der Waals surface area contributed by atoms with Gasteiger partial charge in [-0.15, -0.1) is 0 Å². The maximum absolute atomic E-state index is 13.1. The van der Waals surface area contributed by atoms with Crippen LogP contribution < -0.4 is 5.32 Å². The number of aryl methyl sites for hydroxylation is 2. The van der Waals surface area contributed by atoms with Crippen molar-refractivity contribution in [3.63, 3.8) is 0 Å². The Bertz CT molecular complexity index is 1250. The van der Waals surface area contributed by atoms with Gasteiger partial charge >= 0.3 is 0 Å².